The molecule has 0 radical (unpaired) electrons. The van der Waals surface area contributed by atoms with Crippen LogP contribution in [-0.2, 0) is 16.6 Å². The van der Waals surface area contributed by atoms with Crippen molar-refractivity contribution in [3.63, 3.8) is 0 Å². The normalized spacial score (nSPS) is 19.5. The summed E-state index contributed by atoms with van der Waals surface area (Å²) in [6.45, 7) is 4.06. The molecule has 0 spiro atoms. The summed E-state index contributed by atoms with van der Waals surface area (Å²) in [5.41, 5.74) is 28.1. The number of amides is 1. The third-order valence-electron chi connectivity index (χ3n) is 9.90. The minimum atomic E-state index is -3.94. The predicted molar refractivity (Wildman–Crippen MR) is 229 cm³/mol. The van der Waals surface area contributed by atoms with E-state index in [1.165, 1.54) is 16.4 Å². The first-order valence-electron chi connectivity index (χ1n) is 18.7. The molecule has 2 saturated heterocycles. The van der Waals surface area contributed by atoms with Crippen LogP contribution in [0.4, 0.5) is 34.9 Å². The quantitative estimate of drug-likeness (QED) is 0.101. The lowest BCUT2D eigenvalue weighted by molar-refractivity contribution is 0.102. The number of hydrogen-bond acceptors (Lipinski definition) is 14. The van der Waals surface area contributed by atoms with Gasteiger partial charge in [0.1, 0.15) is 5.75 Å². The molecular weight excluding hydrogens is 780 g/mol. The Kier molecular flexibility index (Phi) is 13.0. The predicted octanol–water partition coefficient (Wildman–Crippen LogP) is 3.43. The van der Waals surface area contributed by atoms with E-state index in [1.807, 2.05) is 47.1 Å². The van der Waals surface area contributed by atoms with Crippen molar-refractivity contribution >= 4 is 63.2 Å². The molecule has 0 unspecified atom stereocenters. The van der Waals surface area contributed by atoms with Crippen LogP contribution in [0.3, 0.4) is 0 Å². The number of rotatable bonds is 11. The standard InChI is InChI=1S/C40H48N12O4S.ClH/c1-25-7-14-34(15-8-25)57(55,56)52(20-26-5-3-2-4-6-26)33-12-9-31(10-13-33)45-37(54)35-16-11-32(19-36(35)53)46-38-47-39(50-21-27(41)17-28(42)22-50)49-40(48-38)51-23-29(43)18-30(44)24-51;/h2-16,19,27-30,53H,17-18,20-24,41-44H2,1H3,(H,45,54)(H,46,47,48,49);1H/t27-,28+,29-,30+;. The van der Waals surface area contributed by atoms with Gasteiger partial charge >= 0.3 is 0 Å². The van der Waals surface area contributed by atoms with E-state index in [9.17, 15) is 18.3 Å². The highest BCUT2D eigenvalue weighted by Gasteiger charge is 2.29. The second-order valence-electron chi connectivity index (χ2n) is 14.7. The summed E-state index contributed by atoms with van der Waals surface area (Å²) in [6, 6.07) is 26.4. The van der Waals surface area contributed by atoms with E-state index in [4.69, 9.17) is 27.9 Å². The SMILES string of the molecule is Cc1ccc(S(=O)(=O)N(Cc2ccccc2)c2ccc(NC(=O)c3ccc(Nc4nc(N5C[C@H](N)C[C@H](N)C5)nc(N5C[C@H](N)C[C@H](N)C5)n4)cc3O)cc2)cc1.Cl. The Morgan fingerprint density at radius 2 is 1.29 bits per heavy atom. The number of aromatic hydroxyl groups is 1. The summed E-state index contributed by atoms with van der Waals surface area (Å²) in [4.78, 5) is 31.5. The molecule has 5 aromatic rings. The van der Waals surface area contributed by atoms with Crippen LogP contribution in [-0.4, -0.2) is 84.7 Å². The molecule has 2 fully saturated rings. The maximum Gasteiger partial charge on any atom is 0.264 e. The molecule has 4 aromatic carbocycles. The zero-order valence-corrected chi connectivity index (χ0v) is 33.6. The third-order valence-corrected chi connectivity index (χ3v) is 11.7. The fraction of sp³-hybridized carbons (Fsp3) is 0.300. The average molecular weight is 829 g/mol. The molecule has 0 aliphatic carbocycles. The first-order chi connectivity index (χ1) is 27.3. The Labute approximate surface area is 344 Å². The molecule has 1 aromatic heterocycles. The van der Waals surface area contributed by atoms with Crippen molar-refractivity contribution < 1.29 is 18.3 Å². The van der Waals surface area contributed by atoms with Crippen molar-refractivity contribution in [3.05, 3.63) is 114 Å². The molecule has 4 atom stereocenters. The highest BCUT2D eigenvalue weighted by Crippen LogP contribution is 2.30. The molecule has 0 bridgehead atoms. The summed E-state index contributed by atoms with van der Waals surface area (Å²) in [6.07, 6.45) is 1.37. The van der Waals surface area contributed by atoms with Crippen LogP contribution in [0.2, 0.25) is 0 Å². The van der Waals surface area contributed by atoms with Crippen LogP contribution in [0, 0.1) is 6.92 Å². The molecule has 2 aliphatic rings. The van der Waals surface area contributed by atoms with Gasteiger partial charge in [0.2, 0.25) is 17.8 Å². The summed E-state index contributed by atoms with van der Waals surface area (Å²) in [7, 11) is -3.94. The topological polar surface area (TPSA) is 248 Å². The lowest BCUT2D eigenvalue weighted by atomic mass is 10.0. The number of sulfonamides is 1. The van der Waals surface area contributed by atoms with Gasteiger partial charge in [-0.2, -0.15) is 15.0 Å². The van der Waals surface area contributed by atoms with Gasteiger partial charge in [-0.3, -0.25) is 9.10 Å². The number of phenolic OH excluding ortho intramolecular Hbond substituents is 1. The number of carbonyl (C=O) groups is 1. The van der Waals surface area contributed by atoms with E-state index in [0.717, 1.165) is 11.1 Å². The zero-order valence-electron chi connectivity index (χ0n) is 32.0. The Morgan fingerprint density at radius 1 is 0.759 bits per heavy atom. The Balaban J connectivity index is 0.00000567. The molecule has 1 amide bonds. The van der Waals surface area contributed by atoms with Crippen LogP contribution in [0.15, 0.2) is 102 Å². The van der Waals surface area contributed by atoms with E-state index in [1.54, 1.807) is 54.6 Å². The number of aromatic nitrogens is 3. The van der Waals surface area contributed by atoms with Crippen LogP contribution in [0.25, 0.3) is 0 Å². The van der Waals surface area contributed by atoms with Gasteiger partial charge in [-0.15, -0.1) is 12.4 Å². The van der Waals surface area contributed by atoms with E-state index < -0.39 is 15.9 Å². The third kappa shape index (κ3) is 9.93. The first-order valence-corrected chi connectivity index (χ1v) is 20.2. The van der Waals surface area contributed by atoms with Gasteiger partial charge in [0.15, 0.2) is 0 Å². The highest BCUT2D eigenvalue weighted by atomic mass is 35.5. The van der Waals surface area contributed by atoms with Gasteiger partial charge in [-0.1, -0.05) is 48.0 Å². The lowest BCUT2D eigenvalue weighted by Crippen LogP contribution is -2.54. The lowest BCUT2D eigenvalue weighted by Gasteiger charge is -2.37. The van der Waals surface area contributed by atoms with E-state index in [0.29, 0.717) is 68.0 Å². The van der Waals surface area contributed by atoms with Crippen molar-refractivity contribution in [2.75, 3.05) is 50.9 Å². The molecule has 2 aliphatic heterocycles. The average Bonchev–Trinajstić information content (AvgIpc) is 3.17. The molecule has 11 N–H and O–H groups in total. The van der Waals surface area contributed by atoms with Crippen LogP contribution in [0.1, 0.15) is 34.3 Å². The molecule has 58 heavy (non-hydrogen) atoms. The first kappa shape index (κ1) is 42.1. The summed E-state index contributed by atoms with van der Waals surface area (Å²) in [5, 5.41) is 17.0. The number of hydrogen-bond donors (Lipinski definition) is 7. The number of piperidine rings is 2. The molecule has 306 valence electrons. The number of phenols is 1. The Hall–Kier alpha value is -5.56. The monoisotopic (exact) mass is 828 g/mol. The van der Waals surface area contributed by atoms with Crippen LogP contribution in [0.5, 0.6) is 5.75 Å². The number of halogens is 1. The number of aryl methyl sites for hydroxylation is 1. The number of nitrogens with zero attached hydrogens (tertiary/aromatic N) is 6. The summed E-state index contributed by atoms with van der Waals surface area (Å²) in [5.74, 6) is 0.132. The van der Waals surface area contributed by atoms with Gasteiger partial charge in [0.25, 0.3) is 15.9 Å². The van der Waals surface area contributed by atoms with Crippen molar-refractivity contribution in [1.29, 1.82) is 0 Å². The van der Waals surface area contributed by atoms with Crippen molar-refractivity contribution in [1.82, 2.24) is 15.0 Å². The van der Waals surface area contributed by atoms with Crippen molar-refractivity contribution in [2.24, 2.45) is 22.9 Å². The summed E-state index contributed by atoms with van der Waals surface area (Å²) < 4.78 is 29.1. The number of benzene rings is 4. The number of carbonyl (C=O) groups excluding carboxylic acids is 1. The zero-order chi connectivity index (χ0) is 40.3. The second-order valence-corrected chi connectivity index (χ2v) is 16.6. The molecule has 18 heteroatoms. The highest BCUT2D eigenvalue weighted by molar-refractivity contribution is 7.92. The Bertz CT molecular complexity index is 2240. The van der Waals surface area contributed by atoms with Gasteiger partial charge in [0, 0.05) is 67.8 Å². The minimum absolute atomic E-state index is 0. The minimum Gasteiger partial charge on any atom is -0.507 e. The maximum atomic E-state index is 13.9. The van der Waals surface area contributed by atoms with Gasteiger partial charge < -0.3 is 48.5 Å². The number of nitrogens with two attached hydrogens (primary N) is 4. The Morgan fingerprint density at radius 3 is 1.83 bits per heavy atom. The molecule has 7 rings (SSSR count). The number of anilines is 6. The fourth-order valence-corrected chi connectivity index (χ4v) is 8.57. The largest absolute Gasteiger partial charge is 0.507 e. The second kappa shape index (κ2) is 17.9. The van der Waals surface area contributed by atoms with E-state index in [2.05, 4.69) is 20.6 Å². The van der Waals surface area contributed by atoms with Gasteiger partial charge in [-0.05, 0) is 73.9 Å². The van der Waals surface area contributed by atoms with Crippen LogP contribution < -0.4 is 47.7 Å². The van der Waals surface area contributed by atoms with Crippen molar-refractivity contribution in [3.8, 4) is 5.75 Å². The molecule has 16 nitrogen and oxygen atoms in total. The van der Waals surface area contributed by atoms with E-state index in [-0.39, 0.29) is 65.3 Å². The molecule has 3 heterocycles. The van der Waals surface area contributed by atoms with Crippen LogP contribution >= 0.6 is 12.4 Å². The van der Waals surface area contributed by atoms with Gasteiger partial charge in [-0.25, -0.2) is 8.42 Å². The van der Waals surface area contributed by atoms with E-state index >= 15 is 0 Å². The summed E-state index contributed by atoms with van der Waals surface area (Å²) >= 11 is 0. The maximum absolute atomic E-state index is 13.9. The smallest absolute Gasteiger partial charge is 0.264 e. The van der Waals surface area contributed by atoms with Crippen molar-refractivity contribution in [2.45, 2.75) is 55.4 Å². The fourth-order valence-electron chi connectivity index (χ4n) is 7.12. The number of nitrogens with one attached hydrogen (secondary N) is 2. The molecular formula is C40H49ClN12O4S. The van der Waals surface area contributed by atoms with Gasteiger partial charge in [0.05, 0.1) is 22.7 Å². The molecule has 0 saturated carbocycles.